The van der Waals surface area contributed by atoms with E-state index in [9.17, 15) is 10.2 Å². The van der Waals surface area contributed by atoms with Gasteiger partial charge in [-0.15, -0.1) is 74.2 Å². The Labute approximate surface area is 581 Å². The van der Waals surface area contributed by atoms with Gasteiger partial charge >= 0.3 is 0 Å². The number of rotatable bonds is 10. The topological polar surface area (TPSA) is 40.5 Å². The van der Waals surface area contributed by atoms with Crippen molar-refractivity contribution >= 4 is 95.4 Å². The van der Waals surface area contributed by atoms with Gasteiger partial charge in [-0.2, -0.15) is 0 Å². The van der Waals surface area contributed by atoms with Crippen LogP contribution in [0.1, 0.15) is 227 Å². The maximum atomic E-state index is 9.76. The molecule has 2 nitrogen and oxygen atoms in total. The van der Waals surface area contributed by atoms with E-state index in [4.69, 9.17) is 6.42 Å². The zero-order valence-electron chi connectivity index (χ0n) is 57.5. The van der Waals surface area contributed by atoms with E-state index in [1.54, 1.807) is 50.4 Å². The molecule has 470 valence electrons. The Morgan fingerprint density at radius 1 is 0.400 bits per heavy atom. The average molecular weight is 1430 g/mol. The number of halogens is 1. The average Bonchev–Trinajstić information content (AvgIpc) is 2.11. The van der Waals surface area contributed by atoms with Crippen molar-refractivity contribution in [2.75, 3.05) is 0 Å². The highest BCUT2D eigenvalue weighted by Crippen LogP contribution is 2.42. The van der Waals surface area contributed by atoms with Gasteiger partial charge in [-0.3, -0.25) is 0 Å². The first-order valence-corrected chi connectivity index (χ1v) is 40.7. The summed E-state index contributed by atoms with van der Waals surface area (Å²) in [4.78, 5) is 9.92. The lowest BCUT2D eigenvalue weighted by atomic mass is 10.1. The van der Waals surface area contributed by atoms with Crippen LogP contribution in [0.5, 0.6) is 0 Å². The maximum Gasteiger partial charge on any atom is 0.146 e. The molecule has 5 heterocycles. The number of hydrogen-bond donors (Lipinski definition) is 2. The van der Waals surface area contributed by atoms with Gasteiger partial charge in [0.1, 0.15) is 27.3 Å². The summed E-state index contributed by atoms with van der Waals surface area (Å²) in [6.07, 6.45) is 9.60. The van der Waals surface area contributed by atoms with E-state index in [-0.39, 0.29) is 0 Å². The summed E-state index contributed by atoms with van der Waals surface area (Å²) in [5.41, 5.74) is 14.7. The summed E-state index contributed by atoms with van der Waals surface area (Å²) in [6.45, 7) is 47.4. The Kier molecular flexibility index (Phi) is 33.0. The molecule has 0 bridgehead atoms. The van der Waals surface area contributed by atoms with Crippen LogP contribution in [0.15, 0.2) is 92.1 Å². The standard InChI is InChI=1S/C32H38OS2Si.C25H22OS2.C23H33ISSi/c1-23(2)36(24(3)4,25(5)6)22-20-31-18-16-29(35-31)14-12-27(8)26(7)11-13-28-15-17-30(34-28)19-21-32(9,10)33;1-6-8-20(19(3)9-11-22-14-13-21(7-2)27-22)10-12-23-15-16-24(28-23)17-18-25(4,5)26;1-9-10-23(24)20(8)11-12-21-13-14-22(25-21)15-16-26(17(2)3,18(4)5)19(6)7/h15-18,23-25,33H,1-10H3;2,13-16,26H,6,8H2,1,3-5H3;13-14,17-19H,9-10H2,1-8H3/b27-26+;20-19+;23-20+. The molecular formula is C80H93IO2S5Si2. The lowest BCUT2D eigenvalue weighted by Crippen LogP contribution is -2.43. The Morgan fingerprint density at radius 3 is 0.933 bits per heavy atom. The lowest BCUT2D eigenvalue weighted by molar-refractivity contribution is 0.143. The highest BCUT2D eigenvalue weighted by molar-refractivity contribution is 14.1. The van der Waals surface area contributed by atoms with Crippen LogP contribution in [-0.4, -0.2) is 37.6 Å². The van der Waals surface area contributed by atoms with Gasteiger partial charge in [-0.25, -0.2) is 0 Å². The molecule has 5 aromatic rings. The Balaban J connectivity index is 0.000000359. The molecule has 0 spiro atoms. The highest BCUT2D eigenvalue weighted by atomic mass is 127. The summed E-state index contributed by atoms with van der Waals surface area (Å²) in [5.74, 6) is 53.9. The molecule has 0 saturated heterocycles. The fourth-order valence-electron chi connectivity index (χ4n) is 10.1. The second kappa shape index (κ2) is 37.8. The molecule has 0 aliphatic rings. The predicted octanol–water partition coefficient (Wildman–Crippen LogP) is 21.9. The smallest absolute Gasteiger partial charge is 0.146 e. The molecular weight excluding hydrogens is 1340 g/mol. The van der Waals surface area contributed by atoms with Crippen LogP contribution in [0.25, 0.3) is 0 Å². The van der Waals surface area contributed by atoms with E-state index in [1.807, 2.05) is 57.2 Å². The van der Waals surface area contributed by atoms with E-state index < -0.39 is 27.3 Å². The van der Waals surface area contributed by atoms with Crippen LogP contribution in [0.3, 0.4) is 0 Å². The van der Waals surface area contributed by atoms with Crippen LogP contribution >= 0.6 is 79.3 Å². The second-order valence-electron chi connectivity index (χ2n) is 25.0. The monoisotopic (exact) mass is 1430 g/mol. The van der Waals surface area contributed by atoms with E-state index in [0.717, 1.165) is 90.3 Å². The summed E-state index contributed by atoms with van der Waals surface area (Å²) in [5, 5.41) is 19.5. The molecule has 10 heteroatoms. The number of terminal acetylenes is 1. The normalized spacial score (nSPS) is 11.9. The lowest BCUT2D eigenvalue weighted by Gasteiger charge is -2.38. The highest BCUT2D eigenvalue weighted by Gasteiger charge is 2.42. The third kappa shape index (κ3) is 26.2. The summed E-state index contributed by atoms with van der Waals surface area (Å²) in [7, 11) is -3.39. The minimum absolute atomic E-state index is 0.627. The Hall–Kier alpha value is -5.60. The molecule has 0 aliphatic carbocycles. The van der Waals surface area contributed by atoms with Crippen molar-refractivity contribution in [3.8, 4) is 118 Å². The van der Waals surface area contributed by atoms with Crippen molar-refractivity contribution in [1.82, 2.24) is 0 Å². The van der Waals surface area contributed by atoms with Crippen LogP contribution in [-0.2, 0) is 0 Å². The summed E-state index contributed by atoms with van der Waals surface area (Å²) >= 11 is 10.4. The van der Waals surface area contributed by atoms with Crippen molar-refractivity contribution in [1.29, 1.82) is 0 Å². The van der Waals surface area contributed by atoms with Gasteiger partial charge in [-0.1, -0.05) is 210 Å². The van der Waals surface area contributed by atoms with Gasteiger partial charge < -0.3 is 10.2 Å². The minimum Gasteiger partial charge on any atom is -0.378 e. The molecule has 0 saturated carbocycles. The van der Waals surface area contributed by atoms with Gasteiger partial charge in [0.15, 0.2) is 0 Å². The zero-order chi connectivity index (χ0) is 67.6. The molecule has 0 aromatic carbocycles. The van der Waals surface area contributed by atoms with Gasteiger partial charge in [-0.05, 0) is 185 Å². The number of aliphatic hydroxyl groups is 2. The second-order valence-corrected chi connectivity index (χ2v) is 42.9. The molecule has 0 unspecified atom stereocenters. The van der Waals surface area contributed by atoms with Crippen LogP contribution in [0.4, 0.5) is 0 Å². The molecule has 2 N–H and O–H groups in total. The van der Waals surface area contributed by atoms with Crippen LogP contribution < -0.4 is 0 Å². The fraction of sp³-hybridized carbons (Fsp3) is 0.425. The molecule has 90 heavy (non-hydrogen) atoms. The van der Waals surface area contributed by atoms with Crippen molar-refractivity contribution in [3.05, 3.63) is 141 Å². The molecule has 0 aliphatic heterocycles. The summed E-state index contributed by atoms with van der Waals surface area (Å²) in [6, 6.07) is 20.1. The van der Waals surface area contributed by atoms with E-state index in [0.29, 0.717) is 33.2 Å². The first-order valence-electron chi connectivity index (χ1n) is 31.1. The van der Waals surface area contributed by atoms with Gasteiger partial charge in [0.05, 0.1) is 48.8 Å². The molecule has 0 fully saturated rings. The van der Waals surface area contributed by atoms with Gasteiger partial charge in [0.2, 0.25) is 0 Å². The minimum atomic E-state index is -1.73. The van der Waals surface area contributed by atoms with Crippen molar-refractivity contribution < 1.29 is 10.2 Å². The Morgan fingerprint density at radius 2 is 0.656 bits per heavy atom. The molecule has 0 amide bonds. The van der Waals surface area contributed by atoms with Crippen molar-refractivity contribution in [2.45, 2.75) is 222 Å². The van der Waals surface area contributed by atoms with E-state index in [2.05, 4.69) is 262 Å². The van der Waals surface area contributed by atoms with Crippen molar-refractivity contribution in [3.63, 3.8) is 0 Å². The summed E-state index contributed by atoms with van der Waals surface area (Å²) < 4.78 is 1.37. The first kappa shape index (κ1) is 78.6. The van der Waals surface area contributed by atoms with E-state index in [1.165, 1.54) is 49.6 Å². The molecule has 5 rings (SSSR count). The molecule has 0 radical (unpaired) electrons. The quantitative estimate of drug-likeness (QED) is 0.0831. The predicted molar refractivity (Wildman–Crippen MR) is 414 cm³/mol. The van der Waals surface area contributed by atoms with E-state index >= 15 is 0 Å². The number of hydrogen-bond acceptors (Lipinski definition) is 7. The van der Waals surface area contributed by atoms with Crippen LogP contribution in [0.2, 0.25) is 33.2 Å². The third-order valence-electron chi connectivity index (χ3n) is 14.9. The van der Waals surface area contributed by atoms with Gasteiger partial charge in [0.25, 0.3) is 0 Å². The number of thiophene rings is 5. The third-order valence-corrected chi connectivity index (χ3v) is 33.4. The largest absolute Gasteiger partial charge is 0.378 e. The Bertz CT molecular complexity index is 3950. The van der Waals surface area contributed by atoms with Gasteiger partial charge in [0, 0.05) is 31.4 Å². The molecule has 5 aromatic heterocycles. The first-order chi connectivity index (χ1) is 42.2. The maximum absolute atomic E-state index is 9.76. The molecule has 0 atom stereocenters. The SMILES string of the molecule is C#Cc1ccc(C#C/C(C)=C(/C#Cc2ccc(C#CC(C)(C)O)s2)CCC)s1.C/C(C#Cc1ccc(C#CC(C)(C)O)s1)=C(/C)C#Cc1ccc(C#C[Si](C(C)C)(C(C)C)C(C)C)s1.CCC/C(I)=C(/C)C#Cc1ccc(C#C[Si](C(C)C)(C(C)C)C(C)C)s1. The zero-order valence-corrected chi connectivity index (χ0v) is 65.7. The number of allylic oxidation sites excluding steroid dienone is 6. The fourth-order valence-corrected chi connectivity index (χ4v) is 24.9. The van der Waals surface area contributed by atoms with Crippen molar-refractivity contribution in [2.24, 2.45) is 0 Å². The van der Waals surface area contributed by atoms with Crippen LogP contribution in [0, 0.1) is 118 Å².